The van der Waals surface area contributed by atoms with E-state index < -0.39 is 0 Å². The van der Waals surface area contributed by atoms with Gasteiger partial charge in [-0.3, -0.25) is 4.79 Å². The second-order valence-corrected chi connectivity index (χ2v) is 11.8. The van der Waals surface area contributed by atoms with Crippen LogP contribution in [0.15, 0.2) is 82.2 Å². The minimum absolute atomic E-state index is 0.0810. The first kappa shape index (κ1) is 26.7. The Labute approximate surface area is 237 Å². The Balaban J connectivity index is 1.42. The number of methoxy groups -OCH3 is 1. The van der Waals surface area contributed by atoms with Crippen molar-refractivity contribution in [2.24, 2.45) is 5.92 Å². The van der Waals surface area contributed by atoms with Gasteiger partial charge < -0.3 is 19.7 Å². The standard InChI is InChI=1S/C31H33BrN2O3S/c1-21-11-9-10-16-26(21)34-30(35)29(38-31(34)33-24-14-7-4-8-15-24)18-23-17-27(36-2)28(19-25(23)32)37-20-22-12-5-3-6-13-22/h3-8,12-15,17-19,21,26,31,33H,9-11,16,20H2,1-2H3/b29-18-/t21-,26-,31?/m0/s1. The Morgan fingerprint density at radius 1 is 1.03 bits per heavy atom. The molecule has 1 N–H and O–H groups in total. The van der Waals surface area contributed by atoms with Crippen LogP contribution < -0.4 is 14.8 Å². The number of para-hydroxylation sites is 1. The Kier molecular flexibility index (Phi) is 8.65. The molecule has 1 heterocycles. The number of hydrogen-bond donors (Lipinski definition) is 1. The monoisotopic (exact) mass is 592 g/mol. The zero-order valence-electron chi connectivity index (χ0n) is 21.7. The first-order valence-corrected chi connectivity index (χ1v) is 14.8. The van der Waals surface area contributed by atoms with E-state index in [1.54, 1.807) is 18.9 Å². The lowest BCUT2D eigenvalue weighted by Gasteiger charge is -2.39. The number of amides is 1. The Morgan fingerprint density at radius 3 is 2.45 bits per heavy atom. The largest absolute Gasteiger partial charge is 0.493 e. The number of halogens is 1. The normalized spacial score (nSPS) is 22.5. The smallest absolute Gasteiger partial charge is 0.262 e. The Bertz CT molecular complexity index is 1290. The van der Waals surface area contributed by atoms with E-state index >= 15 is 0 Å². The molecule has 1 saturated heterocycles. The minimum atomic E-state index is -0.157. The lowest BCUT2D eigenvalue weighted by atomic mass is 9.85. The molecule has 5 nitrogen and oxygen atoms in total. The zero-order valence-corrected chi connectivity index (χ0v) is 24.1. The maximum atomic E-state index is 13.9. The number of rotatable bonds is 8. The third kappa shape index (κ3) is 6.05. The maximum Gasteiger partial charge on any atom is 0.262 e. The van der Waals surface area contributed by atoms with Gasteiger partial charge in [0.25, 0.3) is 5.91 Å². The summed E-state index contributed by atoms with van der Waals surface area (Å²) in [7, 11) is 1.64. The molecule has 2 fully saturated rings. The number of hydrogen-bond acceptors (Lipinski definition) is 5. The highest BCUT2D eigenvalue weighted by molar-refractivity contribution is 9.10. The maximum absolute atomic E-state index is 13.9. The number of ether oxygens (including phenoxy) is 2. The van der Waals surface area contributed by atoms with E-state index in [9.17, 15) is 4.79 Å². The van der Waals surface area contributed by atoms with E-state index in [1.807, 2.05) is 78.9 Å². The van der Waals surface area contributed by atoms with Crippen LogP contribution in [0, 0.1) is 5.92 Å². The Morgan fingerprint density at radius 2 is 1.74 bits per heavy atom. The van der Waals surface area contributed by atoms with Gasteiger partial charge in [0, 0.05) is 16.2 Å². The van der Waals surface area contributed by atoms with E-state index in [1.165, 1.54) is 6.42 Å². The molecule has 7 heteroatoms. The van der Waals surface area contributed by atoms with Crippen LogP contribution in [0.4, 0.5) is 5.69 Å². The number of benzene rings is 3. The molecule has 3 atom stereocenters. The van der Waals surface area contributed by atoms with Crippen molar-refractivity contribution in [3.63, 3.8) is 0 Å². The van der Waals surface area contributed by atoms with E-state index in [-0.39, 0.29) is 17.4 Å². The Hall–Kier alpha value is -2.90. The molecule has 2 aliphatic rings. The predicted molar refractivity (Wildman–Crippen MR) is 159 cm³/mol. The van der Waals surface area contributed by atoms with Crippen LogP contribution in [0.5, 0.6) is 11.5 Å². The molecule has 38 heavy (non-hydrogen) atoms. The third-order valence-electron chi connectivity index (χ3n) is 7.23. The summed E-state index contributed by atoms with van der Waals surface area (Å²) in [6, 6.07) is 24.2. The van der Waals surface area contributed by atoms with Crippen LogP contribution in [0.3, 0.4) is 0 Å². The molecule has 3 aromatic rings. The van der Waals surface area contributed by atoms with Crippen molar-refractivity contribution in [2.45, 2.75) is 50.8 Å². The van der Waals surface area contributed by atoms with Gasteiger partial charge in [-0.1, -0.05) is 96.0 Å². The van der Waals surface area contributed by atoms with Crippen LogP contribution in [0.2, 0.25) is 0 Å². The first-order chi connectivity index (χ1) is 18.5. The highest BCUT2D eigenvalue weighted by Gasteiger charge is 2.43. The van der Waals surface area contributed by atoms with Crippen molar-refractivity contribution in [3.05, 3.63) is 93.3 Å². The molecule has 198 valence electrons. The van der Waals surface area contributed by atoms with Crippen molar-refractivity contribution in [3.8, 4) is 11.5 Å². The summed E-state index contributed by atoms with van der Waals surface area (Å²) in [5.74, 6) is 1.83. The zero-order chi connectivity index (χ0) is 26.5. The van der Waals surface area contributed by atoms with Crippen LogP contribution in [0.25, 0.3) is 6.08 Å². The number of nitrogens with zero attached hydrogens (tertiary/aromatic N) is 1. The SMILES string of the molecule is COc1cc(/C=C2\SC(Nc3ccccc3)N([C@H]3CCCC[C@@H]3C)C2=O)c(Br)cc1OCc1ccccc1. The summed E-state index contributed by atoms with van der Waals surface area (Å²) < 4.78 is 12.6. The average molecular weight is 594 g/mol. The van der Waals surface area contributed by atoms with Crippen LogP contribution >= 0.6 is 27.7 Å². The highest BCUT2D eigenvalue weighted by atomic mass is 79.9. The summed E-state index contributed by atoms with van der Waals surface area (Å²) in [5, 5.41) is 3.60. The van der Waals surface area contributed by atoms with Crippen molar-refractivity contribution in [1.29, 1.82) is 0 Å². The summed E-state index contributed by atoms with van der Waals surface area (Å²) in [6.07, 6.45) is 6.56. The van der Waals surface area contributed by atoms with Crippen LogP contribution in [-0.2, 0) is 11.4 Å². The second kappa shape index (κ2) is 12.3. The van der Waals surface area contributed by atoms with E-state index in [0.717, 1.165) is 45.5 Å². The molecule has 0 aromatic heterocycles. The van der Waals surface area contributed by atoms with Gasteiger partial charge in [0.05, 0.1) is 12.0 Å². The summed E-state index contributed by atoms with van der Waals surface area (Å²) in [5.41, 5.74) is 2.81. The van der Waals surface area contributed by atoms with Gasteiger partial charge in [0.2, 0.25) is 0 Å². The van der Waals surface area contributed by atoms with Gasteiger partial charge in [-0.05, 0) is 60.2 Å². The summed E-state index contributed by atoms with van der Waals surface area (Å²) in [4.78, 5) is 16.7. The van der Waals surface area contributed by atoms with E-state index in [4.69, 9.17) is 9.47 Å². The molecule has 1 aliphatic carbocycles. The molecule has 1 unspecified atom stereocenters. The van der Waals surface area contributed by atoms with Gasteiger partial charge in [-0.2, -0.15) is 0 Å². The average Bonchev–Trinajstić information content (AvgIpc) is 3.24. The van der Waals surface area contributed by atoms with Crippen molar-refractivity contribution >= 4 is 45.4 Å². The van der Waals surface area contributed by atoms with Crippen molar-refractivity contribution in [1.82, 2.24) is 4.90 Å². The molecular weight excluding hydrogens is 560 g/mol. The first-order valence-electron chi connectivity index (χ1n) is 13.1. The molecule has 0 bridgehead atoms. The van der Waals surface area contributed by atoms with Crippen LogP contribution in [-0.4, -0.2) is 29.5 Å². The third-order valence-corrected chi connectivity index (χ3v) is 9.03. The lowest BCUT2D eigenvalue weighted by Crippen LogP contribution is -2.48. The lowest BCUT2D eigenvalue weighted by molar-refractivity contribution is -0.129. The van der Waals surface area contributed by atoms with Gasteiger partial charge >= 0.3 is 0 Å². The summed E-state index contributed by atoms with van der Waals surface area (Å²) >= 11 is 5.28. The molecule has 0 spiro atoms. The molecule has 1 saturated carbocycles. The van der Waals surface area contributed by atoms with Crippen molar-refractivity contribution < 1.29 is 14.3 Å². The summed E-state index contributed by atoms with van der Waals surface area (Å²) in [6.45, 7) is 2.72. The fourth-order valence-electron chi connectivity index (χ4n) is 5.18. The van der Waals surface area contributed by atoms with Crippen LogP contribution in [0.1, 0.15) is 43.7 Å². The molecular formula is C31H33BrN2O3S. The molecule has 0 radical (unpaired) electrons. The molecule has 1 aliphatic heterocycles. The number of thioether (sulfide) groups is 1. The van der Waals surface area contributed by atoms with Gasteiger partial charge in [0.1, 0.15) is 6.61 Å². The van der Waals surface area contributed by atoms with E-state index in [0.29, 0.717) is 24.0 Å². The minimum Gasteiger partial charge on any atom is -0.493 e. The fraction of sp³-hybridized carbons (Fsp3) is 0.323. The highest BCUT2D eigenvalue weighted by Crippen LogP contribution is 2.43. The number of carbonyl (C=O) groups is 1. The fourth-order valence-corrected chi connectivity index (χ4v) is 6.82. The topological polar surface area (TPSA) is 50.8 Å². The van der Waals surface area contributed by atoms with E-state index in [2.05, 4.69) is 33.1 Å². The second-order valence-electron chi connectivity index (χ2n) is 9.83. The van der Waals surface area contributed by atoms with Gasteiger partial charge in [0.15, 0.2) is 17.0 Å². The van der Waals surface area contributed by atoms with Crippen molar-refractivity contribution in [2.75, 3.05) is 12.4 Å². The number of nitrogens with one attached hydrogen (secondary N) is 1. The number of anilines is 1. The quantitative estimate of drug-likeness (QED) is 0.269. The molecule has 5 rings (SSSR count). The predicted octanol–water partition coefficient (Wildman–Crippen LogP) is 7.93. The number of carbonyl (C=O) groups excluding carboxylic acids is 1. The molecule has 1 amide bonds. The molecule has 3 aromatic carbocycles. The van der Waals surface area contributed by atoms with Gasteiger partial charge in [-0.15, -0.1) is 0 Å². The van der Waals surface area contributed by atoms with Gasteiger partial charge in [-0.25, -0.2) is 0 Å².